The van der Waals surface area contributed by atoms with Crippen LogP contribution in [0.5, 0.6) is 0 Å². The number of pyridine rings is 1. The van der Waals surface area contributed by atoms with E-state index in [9.17, 15) is 5.11 Å². The Labute approximate surface area is 93.6 Å². The largest absolute Gasteiger partial charge is 0.392 e. The minimum Gasteiger partial charge on any atom is -0.392 e. The number of aliphatic hydroxyl groups excluding tert-OH is 1. The van der Waals surface area contributed by atoms with Crippen LogP contribution >= 0.6 is 0 Å². The van der Waals surface area contributed by atoms with Gasteiger partial charge in [-0.25, -0.2) is 4.68 Å². The molecule has 0 radical (unpaired) electrons. The summed E-state index contributed by atoms with van der Waals surface area (Å²) in [6.45, 7) is 0.0104. The van der Waals surface area contributed by atoms with Gasteiger partial charge in [0.2, 0.25) is 0 Å². The summed E-state index contributed by atoms with van der Waals surface area (Å²) < 4.78 is 1.80. The van der Waals surface area contributed by atoms with Crippen LogP contribution in [0, 0.1) is 0 Å². The van der Waals surface area contributed by atoms with E-state index in [1.165, 1.54) is 12.8 Å². The molecular weight excluding hydrogens is 202 g/mol. The summed E-state index contributed by atoms with van der Waals surface area (Å²) in [7, 11) is 0. The molecule has 4 nitrogen and oxygen atoms in total. The van der Waals surface area contributed by atoms with E-state index < -0.39 is 0 Å². The molecule has 82 valence electrons. The molecule has 0 atom stereocenters. The molecule has 0 bridgehead atoms. The second-order valence-electron chi connectivity index (χ2n) is 4.12. The van der Waals surface area contributed by atoms with E-state index in [-0.39, 0.29) is 6.61 Å². The van der Waals surface area contributed by atoms with E-state index in [1.54, 1.807) is 17.1 Å². The average molecular weight is 215 g/mol. The summed E-state index contributed by atoms with van der Waals surface area (Å²) in [5.41, 5.74) is 2.85. The van der Waals surface area contributed by atoms with Gasteiger partial charge in [0.05, 0.1) is 24.2 Å². The van der Waals surface area contributed by atoms with Gasteiger partial charge in [0.1, 0.15) is 0 Å². The molecule has 0 aromatic carbocycles. The third-order valence-electron chi connectivity index (χ3n) is 2.91. The molecule has 2 aromatic rings. The number of aliphatic hydroxyl groups is 1. The van der Waals surface area contributed by atoms with E-state index in [4.69, 9.17) is 0 Å². The topological polar surface area (TPSA) is 50.9 Å². The molecule has 4 heteroatoms. The maximum absolute atomic E-state index is 9.24. The van der Waals surface area contributed by atoms with Gasteiger partial charge in [-0.2, -0.15) is 5.10 Å². The third kappa shape index (κ3) is 1.61. The quantitative estimate of drug-likeness (QED) is 0.846. The predicted octanol–water partition coefficient (Wildman–Crippen LogP) is 1.64. The van der Waals surface area contributed by atoms with Gasteiger partial charge in [-0.3, -0.25) is 4.98 Å². The Hall–Kier alpha value is -1.68. The highest BCUT2D eigenvalue weighted by Crippen LogP contribution is 2.39. The van der Waals surface area contributed by atoms with Crippen molar-refractivity contribution in [1.82, 2.24) is 14.8 Å². The summed E-state index contributed by atoms with van der Waals surface area (Å²) >= 11 is 0. The Morgan fingerprint density at radius 2 is 2.25 bits per heavy atom. The normalized spacial score (nSPS) is 15.3. The summed E-state index contributed by atoms with van der Waals surface area (Å²) in [6, 6.07) is 3.86. The maximum atomic E-state index is 9.24. The number of hydrogen-bond acceptors (Lipinski definition) is 3. The van der Waals surface area contributed by atoms with Crippen molar-refractivity contribution in [1.29, 1.82) is 0 Å². The highest BCUT2D eigenvalue weighted by Gasteiger charge is 2.26. The molecule has 3 rings (SSSR count). The monoisotopic (exact) mass is 215 g/mol. The van der Waals surface area contributed by atoms with Gasteiger partial charge >= 0.3 is 0 Å². The van der Waals surface area contributed by atoms with Crippen LogP contribution in [0.1, 0.15) is 30.0 Å². The van der Waals surface area contributed by atoms with E-state index in [2.05, 4.69) is 10.1 Å². The van der Waals surface area contributed by atoms with E-state index in [0.29, 0.717) is 5.92 Å². The smallest absolute Gasteiger partial charge is 0.0883 e. The minimum absolute atomic E-state index is 0.0104. The van der Waals surface area contributed by atoms with Crippen molar-refractivity contribution in [3.8, 4) is 5.69 Å². The Bertz CT molecular complexity index is 502. The molecule has 0 saturated heterocycles. The average Bonchev–Trinajstić information content (AvgIpc) is 3.07. The zero-order chi connectivity index (χ0) is 11.0. The molecule has 1 saturated carbocycles. The number of nitrogens with zero attached hydrogens (tertiary/aromatic N) is 3. The summed E-state index contributed by atoms with van der Waals surface area (Å²) in [5, 5.41) is 13.8. The fourth-order valence-corrected chi connectivity index (χ4v) is 1.82. The standard InChI is InChI=1S/C12H13N3O/c16-8-10-3-5-13-7-12(10)15-6-4-11(14-15)9-1-2-9/h3-7,9,16H,1-2,8H2. The number of rotatable bonds is 3. The fourth-order valence-electron chi connectivity index (χ4n) is 1.82. The molecule has 2 aromatic heterocycles. The molecule has 16 heavy (non-hydrogen) atoms. The molecule has 1 aliphatic carbocycles. The van der Waals surface area contributed by atoms with E-state index >= 15 is 0 Å². The summed E-state index contributed by atoms with van der Waals surface area (Å²) in [4.78, 5) is 4.07. The highest BCUT2D eigenvalue weighted by atomic mass is 16.3. The molecule has 1 N–H and O–H groups in total. The van der Waals surface area contributed by atoms with Crippen LogP contribution in [0.15, 0.2) is 30.7 Å². The Kier molecular flexibility index (Phi) is 2.22. The molecule has 0 unspecified atom stereocenters. The van der Waals surface area contributed by atoms with Gasteiger partial charge in [-0.15, -0.1) is 0 Å². The first-order valence-corrected chi connectivity index (χ1v) is 5.48. The first kappa shape index (κ1) is 9.54. The van der Waals surface area contributed by atoms with Crippen molar-refractivity contribution in [2.75, 3.05) is 0 Å². The maximum Gasteiger partial charge on any atom is 0.0883 e. The Morgan fingerprint density at radius 1 is 1.38 bits per heavy atom. The summed E-state index contributed by atoms with van der Waals surface area (Å²) in [5.74, 6) is 0.649. The van der Waals surface area contributed by atoms with Crippen LogP contribution in [-0.2, 0) is 6.61 Å². The first-order chi connectivity index (χ1) is 7.88. The van der Waals surface area contributed by atoms with E-state index in [0.717, 1.165) is 16.9 Å². The van der Waals surface area contributed by atoms with Crippen LogP contribution < -0.4 is 0 Å². The fraction of sp³-hybridized carbons (Fsp3) is 0.333. The zero-order valence-corrected chi connectivity index (χ0v) is 8.87. The molecule has 2 heterocycles. The highest BCUT2D eigenvalue weighted by molar-refractivity contribution is 5.37. The lowest BCUT2D eigenvalue weighted by atomic mass is 10.2. The second kappa shape index (κ2) is 3.72. The molecule has 0 amide bonds. The van der Waals surface area contributed by atoms with Gasteiger partial charge in [-0.1, -0.05) is 0 Å². The van der Waals surface area contributed by atoms with Crippen molar-refractivity contribution in [2.24, 2.45) is 0 Å². The van der Waals surface area contributed by atoms with Crippen LogP contribution in [-0.4, -0.2) is 19.9 Å². The molecular formula is C12H13N3O. The van der Waals surface area contributed by atoms with Crippen molar-refractivity contribution < 1.29 is 5.11 Å². The van der Waals surface area contributed by atoms with Gasteiger partial charge in [0.25, 0.3) is 0 Å². The van der Waals surface area contributed by atoms with Crippen molar-refractivity contribution in [2.45, 2.75) is 25.4 Å². The third-order valence-corrected chi connectivity index (χ3v) is 2.91. The number of hydrogen-bond donors (Lipinski definition) is 1. The zero-order valence-electron chi connectivity index (χ0n) is 8.87. The first-order valence-electron chi connectivity index (χ1n) is 5.48. The Morgan fingerprint density at radius 3 is 3.00 bits per heavy atom. The molecule has 0 aliphatic heterocycles. The molecule has 1 aliphatic rings. The van der Waals surface area contributed by atoms with Gasteiger partial charge < -0.3 is 5.11 Å². The molecule has 0 spiro atoms. The van der Waals surface area contributed by atoms with Crippen molar-refractivity contribution >= 4 is 0 Å². The molecule has 1 fully saturated rings. The second-order valence-corrected chi connectivity index (χ2v) is 4.12. The predicted molar refractivity (Wildman–Crippen MR) is 59.3 cm³/mol. The van der Waals surface area contributed by atoms with Gasteiger partial charge in [-0.05, 0) is 25.0 Å². The van der Waals surface area contributed by atoms with Crippen LogP contribution in [0.3, 0.4) is 0 Å². The van der Waals surface area contributed by atoms with E-state index in [1.807, 2.05) is 18.3 Å². The summed E-state index contributed by atoms with van der Waals surface area (Å²) in [6.07, 6.45) is 7.84. The lowest BCUT2D eigenvalue weighted by molar-refractivity contribution is 0.281. The van der Waals surface area contributed by atoms with Gasteiger partial charge in [0, 0.05) is 23.9 Å². The minimum atomic E-state index is 0.0104. The SMILES string of the molecule is OCc1ccncc1-n1ccc(C2CC2)n1. The van der Waals surface area contributed by atoms with Crippen LogP contribution in [0.2, 0.25) is 0 Å². The lowest BCUT2D eigenvalue weighted by Gasteiger charge is -2.05. The lowest BCUT2D eigenvalue weighted by Crippen LogP contribution is -2.01. The van der Waals surface area contributed by atoms with Crippen LogP contribution in [0.4, 0.5) is 0 Å². The van der Waals surface area contributed by atoms with Gasteiger partial charge in [0.15, 0.2) is 0 Å². The Balaban J connectivity index is 2.00. The van der Waals surface area contributed by atoms with Crippen molar-refractivity contribution in [3.05, 3.63) is 42.0 Å². The van der Waals surface area contributed by atoms with Crippen molar-refractivity contribution in [3.63, 3.8) is 0 Å². The number of aromatic nitrogens is 3. The van der Waals surface area contributed by atoms with Crippen LogP contribution in [0.25, 0.3) is 5.69 Å².